The molecule has 3 nitrogen and oxygen atoms in total. The normalized spacial score (nSPS) is 10.3. The van der Waals surface area contributed by atoms with Crippen LogP contribution in [0.4, 0.5) is 11.4 Å². The summed E-state index contributed by atoms with van der Waals surface area (Å²) in [6.07, 6.45) is 0.645. The average Bonchev–Trinajstić information content (AvgIpc) is 2.81. The van der Waals surface area contributed by atoms with Crippen LogP contribution >= 0.6 is 0 Å². The van der Waals surface area contributed by atoms with Gasteiger partial charge < -0.3 is 5.32 Å². The van der Waals surface area contributed by atoms with Gasteiger partial charge in [-0.05, 0) is 53.8 Å². The molecule has 0 aliphatic heterocycles. The number of para-hydroxylation sites is 1. The molecule has 31 heavy (non-hydrogen) atoms. The van der Waals surface area contributed by atoms with Crippen molar-refractivity contribution in [3.05, 3.63) is 131 Å². The van der Waals surface area contributed by atoms with Crippen LogP contribution in [-0.4, -0.2) is 5.91 Å². The zero-order valence-corrected chi connectivity index (χ0v) is 17.3. The molecule has 0 spiro atoms. The SMILES string of the molecule is [C-]#[N+]c1cccc(Cc2ccccc2NC(=O)c2ccc(-c3ccccc3C)cc2)c1. The number of benzene rings is 4. The standard InChI is InChI=1S/C28H22N2O/c1-20-8-3-5-12-26(20)22-14-16-23(17-15-22)28(31)30-27-13-6-4-10-24(27)18-21-9-7-11-25(19-21)29-2/h3-17,19H,18H2,1H3,(H,30,31). The topological polar surface area (TPSA) is 33.5 Å². The van der Waals surface area contributed by atoms with E-state index in [1.54, 1.807) is 6.07 Å². The highest BCUT2D eigenvalue weighted by molar-refractivity contribution is 6.05. The second kappa shape index (κ2) is 9.11. The summed E-state index contributed by atoms with van der Waals surface area (Å²) in [5, 5.41) is 3.05. The molecule has 1 N–H and O–H groups in total. The van der Waals surface area contributed by atoms with Gasteiger partial charge in [-0.25, -0.2) is 4.85 Å². The number of rotatable bonds is 5. The number of carbonyl (C=O) groups excluding carboxylic acids is 1. The minimum Gasteiger partial charge on any atom is -0.322 e. The molecular formula is C28H22N2O. The van der Waals surface area contributed by atoms with Crippen molar-refractivity contribution >= 4 is 17.3 Å². The van der Waals surface area contributed by atoms with Crippen molar-refractivity contribution in [2.75, 3.05) is 5.32 Å². The summed E-state index contributed by atoms with van der Waals surface area (Å²) in [6, 6.07) is 31.3. The number of aryl methyl sites for hydroxylation is 1. The zero-order valence-electron chi connectivity index (χ0n) is 17.3. The van der Waals surface area contributed by atoms with E-state index in [-0.39, 0.29) is 5.91 Å². The van der Waals surface area contributed by atoms with E-state index >= 15 is 0 Å². The Kier molecular flexibility index (Phi) is 5.91. The largest absolute Gasteiger partial charge is 0.322 e. The van der Waals surface area contributed by atoms with Crippen molar-refractivity contribution in [3.8, 4) is 11.1 Å². The van der Waals surface area contributed by atoms with Crippen molar-refractivity contribution in [1.29, 1.82) is 0 Å². The van der Waals surface area contributed by atoms with E-state index in [9.17, 15) is 4.79 Å². The van der Waals surface area contributed by atoms with E-state index in [2.05, 4.69) is 29.2 Å². The van der Waals surface area contributed by atoms with Crippen LogP contribution in [-0.2, 0) is 6.42 Å². The highest BCUT2D eigenvalue weighted by Crippen LogP contribution is 2.25. The molecule has 1 amide bonds. The molecular weight excluding hydrogens is 380 g/mol. The monoisotopic (exact) mass is 402 g/mol. The van der Waals surface area contributed by atoms with Gasteiger partial charge in [0, 0.05) is 11.3 Å². The Morgan fingerprint density at radius 1 is 0.871 bits per heavy atom. The van der Waals surface area contributed by atoms with Gasteiger partial charge in [-0.1, -0.05) is 84.4 Å². The summed E-state index contributed by atoms with van der Waals surface area (Å²) in [7, 11) is 0. The molecule has 3 heteroatoms. The quantitative estimate of drug-likeness (QED) is 0.356. The molecule has 0 fully saturated rings. The summed E-state index contributed by atoms with van der Waals surface area (Å²) in [5.41, 5.74) is 7.53. The number of anilines is 1. The van der Waals surface area contributed by atoms with E-state index in [4.69, 9.17) is 6.57 Å². The van der Waals surface area contributed by atoms with Gasteiger partial charge in [0.25, 0.3) is 5.91 Å². The first kappa shape index (κ1) is 20.1. The molecule has 0 aromatic heterocycles. The molecule has 0 radical (unpaired) electrons. The Labute approximate surface area is 182 Å². The van der Waals surface area contributed by atoms with Crippen LogP contribution in [0, 0.1) is 13.5 Å². The predicted octanol–water partition coefficient (Wildman–Crippen LogP) is 7.06. The first-order valence-electron chi connectivity index (χ1n) is 10.2. The number of nitrogens with one attached hydrogen (secondary N) is 1. The van der Waals surface area contributed by atoms with Crippen molar-refractivity contribution in [2.45, 2.75) is 13.3 Å². The molecule has 0 atom stereocenters. The maximum Gasteiger partial charge on any atom is 0.255 e. The lowest BCUT2D eigenvalue weighted by Crippen LogP contribution is -2.13. The fourth-order valence-corrected chi connectivity index (χ4v) is 3.64. The molecule has 0 unspecified atom stereocenters. The highest BCUT2D eigenvalue weighted by atomic mass is 16.1. The van der Waals surface area contributed by atoms with Crippen LogP contribution in [0.25, 0.3) is 16.0 Å². The molecule has 4 rings (SSSR count). The number of amides is 1. The Bertz CT molecular complexity index is 1270. The molecule has 0 heterocycles. The van der Waals surface area contributed by atoms with Gasteiger partial charge in [-0.3, -0.25) is 4.79 Å². The van der Waals surface area contributed by atoms with Gasteiger partial charge in [0.2, 0.25) is 0 Å². The molecule has 0 saturated carbocycles. The van der Waals surface area contributed by atoms with Gasteiger partial charge in [-0.15, -0.1) is 0 Å². The van der Waals surface area contributed by atoms with Gasteiger partial charge >= 0.3 is 0 Å². The third kappa shape index (κ3) is 4.71. The van der Waals surface area contributed by atoms with Crippen LogP contribution in [0.2, 0.25) is 0 Å². The first-order chi connectivity index (χ1) is 15.1. The summed E-state index contributed by atoms with van der Waals surface area (Å²) in [5.74, 6) is -0.140. The highest BCUT2D eigenvalue weighted by Gasteiger charge is 2.10. The summed E-state index contributed by atoms with van der Waals surface area (Å²) in [6.45, 7) is 9.28. The van der Waals surface area contributed by atoms with Gasteiger partial charge in [0.15, 0.2) is 5.69 Å². The first-order valence-corrected chi connectivity index (χ1v) is 10.2. The molecule has 4 aromatic carbocycles. The molecule has 0 aliphatic rings. The summed E-state index contributed by atoms with van der Waals surface area (Å²) in [4.78, 5) is 16.4. The third-order valence-electron chi connectivity index (χ3n) is 5.30. The second-order valence-corrected chi connectivity index (χ2v) is 7.46. The van der Waals surface area contributed by atoms with E-state index in [1.807, 2.05) is 78.9 Å². The van der Waals surface area contributed by atoms with E-state index in [1.165, 1.54) is 11.1 Å². The molecule has 0 saturated heterocycles. The number of nitrogens with zero attached hydrogens (tertiary/aromatic N) is 1. The minimum absolute atomic E-state index is 0.140. The van der Waals surface area contributed by atoms with Crippen molar-refractivity contribution in [1.82, 2.24) is 0 Å². The van der Waals surface area contributed by atoms with Crippen LogP contribution in [0.1, 0.15) is 27.0 Å². The maximum atomic E-state index is 12.9. The molecule has 150 valence electrons. The van der Waals surface area contributed by atoms with Gasteiger partial charge in [-0.2, -0.15) is 0 Å². The lowest BCUT2D eigenvalue weighted by Gasteiger charge is -2.12. The van der Waals surface area contributed by atoms with Crippen LogP contribution in [0.5, 0.6) is 0 Å². The smallest absolute Gasteiger partial charge is 0.255 e. The summed E-state index contributed by atoms with van der Waals surface area (Å²) < 4.78 is 0. The Morgan fingerprint density at radius 2 is 1.61 bits per heavy atom. The predicted molar refractivity (Wildman–Crippen MR) is 127 cm³/mol. The molecule has 0 bridgehead atoms. The van der Waals surface area contributed by atoms with E-state index in [0.29, 0.717) is 17.7 Å². The maximum absolute atomic E-state index is 12.9. The van der Waals surface area contributed by atoms with Crippen LogP contribution in [0.15, 0.2) is 97.1 Å². The molecule has 4 aromatic rings. The van der Waals surface area contributed by atoms with Crippen molar-refractivity contribution < 1.29 is 4.79 Å². The van der Waals surface area contributed by atoms with E-state index in [0.717, 1.165) is 22.4 Å². The fraction of sp³-hybridized carbons (Fsp3) is 0.0714. The Hall–Kier alpha value is -4.16. The lowest BCUT2D eigenvalue weighted by atomic mass is 9.99. The third-order valence-corrected chi connectivity index (χ3v) is 5.30. The van der Waals surface area contributed by atoms with Crippen molar-refractivity contribution in [3.63, 3.8) is 0 Å². The Balaban J connectivity index is 1.53. The minimum atomic E-state index is -0.140. The second-order valence-electron chi connectivity index (χ2n) is 7.46. The number of hydrogen-bond acceptors (Lipinski definition) is 1. The van der Waals surface area contributed by atoms with E-state index < -0.39 is 0 Å². The average molecular weight is 402 g/mol. The van der Waals surface area contributed by atoms with Crippen LogP contribution in [0.3, 0.4) is 0 Å². The summed E-state index contributed by atoms with van der Waals surface area (Å²) >= 11 is 0. The number of carbonyl (C=O) groups is 1. The van der Waals surface area contributed by atoms with Crippen molar-refractivity contribution in [2.24, 2.45) is 0 Å². The molecule has 0 aliphatic carbocycles. The zero-order chi connectivity index (χ0) is 21.6. The fourth-order valence-electron chi connectivity index (χ4n) is 3.64. The lowest BCUT2D eigenvalue weighted by molar-refractivity contribution is 0.102. The number of hydrogen-bond donors (Lipinski definition) is 1. The van der Waals surface area contributed by atoms with Gasteiger partial charge in [0.1, 0.15) is 0 Å². The van der Waals surface area contributed by atoms with Crippen LogP contribution < -0.4 is 5.32 Å². The Morgan fingerprint density at radius 3 is 2.39 bits per heavy atom. The van der Waals surface area contributed by atoms with Gasteiger partial charge in [0.05, 0.1) is 6.57 Å².